The second-order valence-electron chi connectivity index (χ2n) is 8.23. The van der Waals surface area contributed by atoms with Crippen LogP contribution in [0.3, 0.4) is 0 Å². The Hall–Kier alpha value is -2.48. The molecule has 0 spiro atoms. The molecule has 2 amide bonds. The van der Waals surface area contributed by atoms with Crippen molar-refractivity contribution >= 4 is 11.7 Å². The Kier molecular flexibility index (Phi) is 5.05. The summed E-state index contributed by atoms with van der Waals surface area (Å²) in [5.41, 5.74) is 1.54. The Morgan fingerprint density at radius 3 is 2.71 bits per heavy atom. The fourth-order valence-electron chi connectivity index (χ4n) is 4.52. The number of carbonyl (C=O) groups excluding carboxylic acids is 1. The summed E-state index contributed by atoms with van der Waals surface area (Å²) in [5.74, 6) is 0.885. The number of likely N-dealkylation sites (tertiary alicyclic amines) is 1. The zero-order valence-electron chi connectivity index (χ0n) is 16.9. The van der Waals surface area contributed by atoms with Gasteiger partial charge in [0.1, 0.15) is 5.54 Å². The zero-order valence-corrected chi connectivity index (χ0v) is 16.9. The summed E-state index contributed by atoms with van der Waals surface area (Å²) in [7, 11) is 4.10. The average Bonchev–Trinajstić information content (AvgIpc) is 3.42. The molecule has 8 heteroatoms. The van der Waals surface area contributed by atoms with Crippen molar-refractivity contribution in [3.05, 3.63) is 35.7 Å². The van der Waals surface area contributed by atoms with Crippen molar-refractivity contribution in [3.8, 4) is 0 Å². The van der Waals surface area contributed by atoms with Gasteiger partial charge in [0.25, 0.3) is 0 Å². The number of aryl methyl sites for hydroxylation is 1. The van der Waals surface area contributed by atoms with E-state index in [2.05, 4.69) is 39.8 Å². The number of nitrogens with zero attached hydrogens (tertiary/aromatic N) is 6. The number of para-hydroxylation sites is 1. The molecule has 1 saturated heterocycles. The predicted octanol–water partition coefficient (Wildman–Crippen LogP) is 2.79. The maximum absolute atomic E-state index is 12.9. The second-order valence-corrected chi connectivity index (χ2v) is 8.23. The van der Waals surface area contributed by atoms with Crippen LogP contribution in [0.15, 0.2) is 24.3 Å². The van der Waals surface area contributed by atoms with Gasteiger partial charge in [0.15, 0.2) is 5.82 Å². The lowest BCUT2D eigenvalue weighted by molar-refractivity contribution is 0.137. The van der Waals surface area contributed by atoms with Gasteiger partial charge in [-0.25, -0.2) is 9.48 Å². The van der Waals surface area contributed by atoms with E-state index in [1.807, 2.05) is 40.8 Å². The van der Waals surface area contributed by atoms with Gasteiger partial charge < -0.3 is 10.2 Å². The summed E-state index contributed by atoms with van der Waals surface area (Å²) in [6.07, 6.45) is 5.51. The first kappa shape index (κ1) is 18.9. The fraction of sp³-hybridized carbons (Fsp3) is 0.600. The summed E-state index contributed by atoms with van der Waals surface area (Å²) in [4.78, 5) is 17.0. The average molecular weight is 384 g/mol. The number of carbonyl (C=O) groups is 1. The number of aromatic nitrogens is 4. The first-order valence-electron chi connectivity index (χ1n) is 10.1. The number of nitrogens with one attached hydrogen (secondary N) is 1. The van der Waals surface area contributed by atoms with E-state index >= 15 is 0 Å². The Morgan fingerprint density at radius 2 is 2.00 bits per heavy atom. The highest BCUT2D eigenvalue weighted by Crippen LogP contribution is 2.38. The molecule has 1 aliphatic heterocycles. The van der Waals surface area contributed by atoms with Gasteiger partial charge in [0, 0.05) is 18.8 Å². The molecule has 150 valence electrons. The molecule has 1 unspecified atom stereocenters. The molecule has 1 N–H and O–H groups in total. The number of amides is 2. The summed E-state index contributed by atoms with van der Waals surface area (Å²) in [6, 6.07) is 8.14. The minimum atomic E-state index is -0.366. The van der Waals surface area contributed by atoms with Gasteiger partial charge in [-0.1, -0.05) is 31.0 Å². The monoisotopic (exact) mass is 383 g/mol. The van der Waals surface area contributed by atoms with Crippen molar-refractivity contribution in [2.45, 2.75) is 50.6 Å². The summed E-state index contributed by atoms with van der Waals surface area (Å²) in [5, 5.41) is 15.8. The van der Waals surface area contributed by atoms with Crippen molar-refractivity contribution in [2.75, 3.05) is 32.5 Å². The van der Waals surface area contributed by atoms with Crippen LogP contribution in [0.1, 0.15) is 49.5 Å². The summed E-state index contributed by atoms with van der Waals surface area (Å²) < 4.78 is 2.02. The second kappa shape index (κ2) is 7.50. The van der Waals surface area contributed by atoms with E-state index in [0.717, 1.165) is 36.3 Å². The first-order chi connectivity index (χ1) is 13.5. The SMILES string of the molecule is Cc1ccccc1NC(=O)N1CCC(c2nnnn2C2CCCC2)(N(C)C)C1. The number of benzene rings is 1. The van der Waals surface area contributed by atoms with E-state index in [0.29, 0.717) is 19.1 Å². The number of tetrazole rings is 1. The largest absolute Gasteiger partial charge is 0.322 e. The molecule has 28 heavy (non-hydrogen) atoms. The lowest BCUT2D eigenvalue weighted by Gasteiger charge is -2.35. The van der Waals surface area contributed by atoms with Crippen molar-refractivity contribution < 1.29 is 4.79 Å². The van der Waals surface area contributed by atoms with Crippen LogP contribution in [0.5, 0.6) is 0 Å². The maximum Gasteiger partial charge on any atom is 0.321 e. The number of rotatable bonds is 4. The highest BCUT2D eigenvalue weighted by atomic mass is 16.2. The van der Waals surface area contributed by atoms with Crippen LogP contribution in [-0.2, 0) is 5.54 Å². The predicted molar refractivity (Wildman–Crippen MR) is 107 cm³/mol. The quantitative estimate of drug-likeness (QED) is 0.878. The summed E-state index contributed by atoms with van der Waals surface area (Å²) >= 11 is 0. The van der Waals surface area contributed by atoms with E-state index in [4.69, 9.17) is 0 Å². The maximum atomic E-state index is 12.9. The van der Waals surface area contributed by atoms with Crippen molar-refractivity contribution in [2.24, 2.45) is 0 Å². The van der Waals surface area contributed by atoms with Crippen LogP contribution in [0.2, 0.25) is 0 Å². The highest BCUT2D eigenvalue weighted by molar-refractivity contribution is 5.90. The molecule has 2 heterocycles. The van der Waals surface area contributed by atoms with Gasteiger partial charge in [-0.15, -0.1) is 5.10 Å². The molecule has 1 atom stereocenters. The number of hydrogen-bond acceptors (Lipinski definition) is 5. The molecule has 2 fully saturated rings. The van der Waals surface area contributed by atoms with Crippen molar-refractivity contribution in [3.63, 3.8) is 0 Å². The Morgan fingerprint density at radius 1 is 1.25 bits per heavy atom. The topological polar surface area (TPSA) is 79.2 Å². The molecule has 0 bridgehead atoms. The van der Waals surface area contributed by atoms with Crippen molar-refractivity contribution in [1.82, 2.24) is 30.0 Å². The molecule has 2 aliphatic rings. The van der Waals surface area contributed by atoms with Gasteiger partial charge in [0.2, 0.25) is 0 Å². The summed E-state index contributed by atoms with van der Waals surface area (Å²) in [6.45, 7) is 3.25. The van der Waals surface area contributed by atoms with E-state index in [1.165, 1.54) is 12.8 Å². The molecule has 4 rings (SSSR count). The van der Waals surface area contributed by atoms with Crippen LogP contribution in [0.25, 0.3) is 0 Å². The van der Waals surface area contributed by atoms with Gasteiger partial charge in [0.05, 0.1) is 6.04 Å². The molecule has 8 nitrogen and oxygen atoms in total. The number of likely N-dealkylation sites (N-methyl/N-ethyl adjacent to an activating group) is 1. The molecule has 1 aromatic carbocycles. The van der Waals surface area contributed by atoms with E-state index in [-0.39, 0.29) is 11.6 Å². The Labute approximate surface area is 165 Å². The Balaban J connectivity index is 1.56. The fourth-order valence-corrected chi connectivity index (χ4v) is 4.52. The van der Waals surface area contributed by atoms with Gasteiger partial charge in [-0.2, -0.15) is 0 Å². The number of urea groups is 1. The van der Waals surface area contributed by atoms with Crippen molar-refractivity contribution in [1.29, 1.82) is 0 Å². The highest BCUT2D eigenvalue weighted by Gasteiger charge is 2.48. The number of hydrogen-bond donors (Lipinski definition) is 1. The van der Waals surface area contributed by atoms with E-state index in [9.17, 15) is 4.79 Å². The molecular weight excluding hydrogens is 354 g/mol. The van der Waals surface area contributed by atoms with Gasteiger partial charge in [-0.3, -0.25) is 4.90 Å². The van der Waals surface area contributed by atoms with E-state index in [1.54, 1.807) is 0 Å². The minimum absolute atomic E-state index is 0.0714. The van der Waals surface area contributed by atoms with Gasteiger partial charge in [-0.05, 0) is 62.3 Å². The normalized spacial score (nSPS) is 22.9. The standard InChI is InChI=1S/C20H29N7O/c1-15-8-4-7-11-17(15)21-19(28)26-13-12-20(14-26,25(2)3)18-22-23-24-27(18)16-9-5-6-10-16/h4,7-8,11,16H,5-6,9-10,12-14H2,1-3H3,(H,21,28). The van der Waals surface area contributed by atoms with Crippen LogP contribution in [-0.4, -0.2) is 63.2 Å². The smallest absolute Gasteiger partial charge is 0.321 e. The number of anilines is 1. The molecule has 1 saturated carbocycles. The third kappa shape index (κ3) is 3.26. The lowest BCUT2D eigenvalue weighted by atomic mass is 9.95. The van der Waals surface area contributed by atoms with Crippen LogP contribution in [0, 0.1) is 6.92 Å². The zero-order chi connectivity index (χ0) is 19.7. The third-order valence-electron chi connectivity index (χ3n) is 6.36. The molecule has 1 aromatic heterocycles. The molecule has 0 radical (unpaired) electrons. The third-order valence-corrected chi connectivity index (χ3v) is 6.36. The lowest BCUT2D eigenvalue weighted by Crippen LogP contribution is -2.47. The molecule has 2 aromatic rings. The van der Waals surface area contributed by atoms with Crippen LogP contribution >= 0.6 is 0 Å². The van der Waals surface area contributed by atoms with Gasteiger partial charge >= 0.3 is 6.03 Å². The van der Waals surface area contributed by atoms with E-state index < -0.39 is 0 Å². The first-order valence-corrected chi connectivity index (χ1v) is 10.1. The molecular formula is C20H29N7O. The Bertz CT molecular complexity index is 843. The minimum Gasteiger partial charge on any atom is -0.322 e. The van der Waals surface area contributed by atoms with Crippen LogP contribution in [0.4, 0.5) is 10.5 Å². The van der Waals surface area contributed by atoms with Crippen LogP contribution < -0.4 is 5.32 Å². The molecule has 1 aliphatic carbocycles.